The maximum Gasteiger partial charge on any atom is 0.330 e. The summed E-state index contributed by atoms with van der Waals surface area (Å²) in [6.07, 6.45) is 4.10. The normalized spacial score (nSPS) is 14.3. The van der Waals surface area contributed by atoms with E-state index < -0.39 is 0 Å². The zero-order valence-corrected chi connectivity index (χ0v) is 9.80. The average Bonchev–Trinajstić information content (AvgIpc) is 2.91. The second-order valence-corrected chi connectivity index (χ2v) is 4.94. The van der Waals surface area contributed by atoms with Gasteiger partial charge in [0.05, 0.1) is 5.56 Å². The molecule has 0 radical (unpaired) electrons. The minimum absolute atomic E-state index is 0.201. The Morgan fingerprint density at radius 3 is 3.12 bits per heavy atom. The molecule has 0 amide bonds. The number of nitrogens with one attached hydrogen (secondary N) is 2. The predicted octanol–water partition coefficient (Wildman–Crippen LogP) is 0.744. The van der Waals surface area contributed by atoms with Crippen molar-refractivity contribution in [2.45, 2.75) is 13.0 Å². The second-order valence-electron chi connectivity index (χ2n) is 3.86. The van der Waals surface area contributed by atoms with Gasteiger partial charge in [-0.3, -0.25) is 4.57 Å². The molecule has 86 valence electrons. The van der Waals surface area contributed by atoms with Crippen LogP contribution in [0, 0.1) is 11.3 Å². The van der Waals surface area contributed by atoms with Crippen LogP contribution in [-0.4, -0.2) is 16.1 Å². The SMILES string of the molecule is N#Cc1c(-n2cc[nH]c2=O)sc2c1CCNC2. The molecule has 1 aliphatic heterocycles. The summed E-state index contributed by atoms with van der Waals surface area (Å²) in [5.41, 5.74) is 1.54. The number of thiophene rings is 1. The standard InChI is InChI=1S/C11H10N4OS/c12-5-8-7-1-2-13-6-9(7)17-10(8)15-4-3-14-11(15)16/h3-4,13H,1-2,6H2,(H,14,16). The molecule has 2 aromatic heterocycles. The molecular weight excluding hydrogens is 236 g/mol. The highest BCUT2D eigenvalue weighted by atomic mass is 32.1. The molecule has 0 aliphatic carbocycles. The fraction of sp³-hybridized carbons (Fsp3) is 0.273. The molecule has 3 heterocycles. The van der Waals surface area contributed by atoms with E-state index in [1.807, 2.05) is 0 Å². The van der Waals surface area contributed by atoms with E-state index in [-0.39, 0.29) is 5.69 Å². The van der Waals surface area contributed by atoms with Gasteiger partial charge in [0.1, 0.15) is 11.1 Å². The number of hydrogen-bond donors (Lipinski definition) is 2. The van der Waals surface area contributed by atoms with Crippen molar-refractivity contribution >= 4 is 11.3 Å². The van der Waals surface area contributed by atoms with Gasteiger partial charge in [-0.15, -0.1) is 11.3 Å². The van der Waals surface area contributed by atoms with Gasteiger partial charge in [-0.2, -0.15) is 5.26 Å². The number of aromatic amines is 1. The van der Waals surface area contributed by atoms with E-state index in [4.69, 9.17) is 0 Å². The minimum atomic E-state index is -0.201. The lowest BCUT2D eigenvalue weighted by atomic mass is 10.1. The van der Waals surface area contributed by atoms with Crippen molar-refractivity contribution in [3.05, 3.63) is 38.9 Å². The van der Waals surface area contributed by atoms with Crippen molar-refractivity contribution < 1.29 is 0 Å². The zero-order valence-electron chi connectivity index (χ0n) is 8.99. The van der Waals surface area contributed by atoms with Crippen LogP contribution in [0.5, 0.6) is 0 Å². The molecule has 0 fully saturated rings. The van der Waals surface area contributed by atoms with Gasteiger partial charge in [0.2, 0.25) is 0 Å². The fourth-order valence-corrected chi connectivity index (χ4v) is 3.33. The number of nitriles is 1. The maximum absolute atomic E-state index is 11.6. The molecule has 2 N–H and O–H groups in total. The van der Waals surface area contributed by atoms with Crippen LogP contribution >= 0.6 is 11.3 Å². The third-order valence-corrected chi connectivity index (χ3v) is 4.12. The van der Waals surface area contributed by atoms with Crippen LogP contribution in [-0.2, 0) is 13.0 Å². The molecule has 0 unspecified atom stereocenters. The lowest BCUT2D eigenvalue weighted by Gasteiger charge is -2.11. The van der Waals surface area contributed by atoms with Crippen LogP contribution in [0.3, 0.4) is 0 Å². The van der Waals surface area contributed by atoms with Crippen molar-refractivity contribution in [2.75, 3.05) is 6.54 Å². The largest absolute Gasteiger partial charge is 0.330 e. The molecule has 0 bridgehead atoms. The highest BCUT2D eigenvalue weighted by Gasteiger charge is 2.21. The second kappa shape index (κ2) is 3.87. The first-order chi connectivity index (χ1) is 8.31. The first kappa shape index (κ1) is 10.3. The van der Waals surface area contributed by atoms with E-state index >= 15 is 0 Å². The maximum atomic E-state index is 11.6. The van der Waals surface area contributed by atoms with Crippen LogP contribution in [0.4, 0.5) is 0 Å². The Morgan fingerprint density at radius 2 is 2.41 bits per heavy atom. The van der Waals surface area contributed by atoms with Crippen LogP contribution in [0.2, 0.25) is 0 Å². The quantitative estimate of drug-likeness (QED) is 0.779. The van der Waals surface area contributed by atoms with Crippen LogP contribution in [0.25, 0.3) is 5.00 Å². The van der Waals surface area contributed by atoms with Crippen LogP contribution in [0.15, 0.2) is 17.2 Å². The van der Waals surface area contributed by atoms with Gasteiger partial charge >= 0.3 is 5.69 Å². The van der Waals surface area contributed by atoms with E-state index in [0.29, 0.717) is 5.56 Å². The van der Waals surface area contributed by atoms with Crippen molar-refractivity contribution in [2.24, 2.45) is 0 Å². The van der Waals surface area contributed by atoms with Gasteiger partial charge in [0, 0.05) is 23.8 Å². The lowest BCUT2D eigenvalue weighted by Crippen LogP contribution is -2.22. The number of fused-ring (bicyclic) bond motifs is 1. The average molecular weight is 246 g/mol. The van der Waals surface area contributed by atoms with Crippen molar-refractivity contribution in [1.82, 2.24) is 14.9 Å². The number of aromatic nitrogens is 2. The molecule has 6 heteroatoms. The Bertz CT molecular complexity index is 658. The van der Waals surface area contributed by atoms with E-state index in [9.17, 15) is 10.1 Å². The van der Waals surface area contributed by atoms with Gasteiger partial charge in [-0.25, -0.2) is 4.79 Å². The molecule has 2 aromatic rings. The van der Waals surface area contributed by atoms with Gasteiger partial charge in [-0.1, -0.05) is 0 Å². The zero-order chi connectivity index (χ0) is 11.8. The highest BCUT2D eigenvalue weighted by Crippen LogP contribution is 2.32. The first-order valence-electron chi connectivity index (χ1n) is 5.33. The summed E-state index contributed by atoms with van der Waals surface area (Å²) in [6.45, 7) is 1.67. The molecule has 0 saturated carbocycles. The van der Waals surface area contributed by atoms with Gasteiger partial charge in [-0.05, 0) is 18.5 Å². The first-order valence-corrected chi connectivity index (χ1v) is 6.14. The Balaban J connectivity index is 2.25. The third-order valence-electron chi connectivity index (χ3n) is 2.89. The van der Waals surface area contributed by atoms with Crippen molar-refractivity contribution in [3.63, 3.8) is 0 Å². The van der Waals surface area contributed by atoms with E-state index in [1.165, 1.54) is 15.9 Å². The summed E-state index contributed by atoms with van der Waals surface area (Å²) in [4.78, 5) is 15.3. The molecule has 0 aromatic carbocycles. The summed E-state index contributed by atoms with van der Waals surface area (Å²) in [5, 5.41) is 13.3. The molecule has 0 spiro atoms. The predicted molar refractivity (Wildman–Crippen MR) is 64.4 cm³/mol. The van der Waals surface area contributed by atoms with Gasteiger partial charge in [0.25, 0.3) is 0 Å². The lowest BCUT2D eigenvalue weighted by molar-refractivity contribution is 0.653. The number of imidazole rings is 1. The van der Waals surface area contributed by atoms with E-state index in [2.05, 4.69) is 16.4 Å². The molecule has 5 nitrogen and oxygen atoms in total. The highest BCUT2D eigenvalue weighted by molar-refractivity contribution is 7.15. The summed E-state index contributed by atoms with van der Waals surface area (Å²) < 4.78 is 1.50. The Hall–Kier alpha value is -1.84. The summed E-state index contributed by atoms with van der Waals surface area (Å²) >= 11 is 1.52. The minimum Gasteiger partial charge on any atom is -0.312 e. The van der Waals surface area contributed by atoms with E-state index in [0.717, 1.165) is 35.0 Å². The molecule has 0 atom stereocenters. The Morgan fingerprint density at radius 1 is 1.53 bits per heavy atom. The fourth-order valence-electron chi connectivity index (χ4n) is 2.09. The van der Waals surface area contributed by atoms with Gasteiger partial charge < -0.3 is 10.3 Å². The number of rotatable bonds is 1. The molecule has 1 aliphatic rings. The number of nitrogens with zero attached hydrogens (tertiary/aromatic N) is 2. The molecule has 3 rings (SSSR count). The number of hydrogen-bond acceptors (Lipinski definition) is 4. The van der Waals surface area contributed by atoms with Crippen molar-refractivity contribution in [1.29, 1.82) is 5.26 Å². The topological polar surface area (TPSA) is 73.6 Å². The Kier molecular flexibility index (Phi) is 2.35. The molecule has 17 heavy (non-hydrogen) atoms. The molecule has 0 saturated heterocycles. The van der Waals surface area contributed by atoms with Gasteiger partial charge in [0.15, 0.2) is 0 Å². The monoisotopic (exact) mass is 246 g/mol. The summed E-state index contributed by atoms with van der Waals surface area (Å²) in [7, 11) is 0. The summed E-state index contributed by atoms with van der Waals surface area (Å²) in [6, 6.07) is 2.23. The summed E-state index contributed by atoms with van der Waals surface area (Å²) in [5.74, 6) is 0. The van der Waals surface area contributed by atoms with Crippen LogP contribution < -0.4 is 11.0 Å². The Labute approximate surface area is 101 Å². The smallest absolute Gasteiger partial charge is 0.312 e. The molecular formula is C11H10N4OS. The number of H-pyrrole nitrogens is 1. The third kappa shape index (κ3) is 1.52. The van der Waals surface area contributed by atoms with E-state index in [1.54, 1.807) is 12.4 Å². The van der Waals surface area contributed by atoms with Crippen LogP contribution in [0.1, 0.15) is 16.0 Å². The van der Waals surface area contributed by atoms with Crippen molar-refractivity contribution in [3.8, 4) is 11.1 Å².